The number of benzene rings is 1. The van der Waals surface area contributed by atoms with Crippen LogP contribution in [0.3, 0.4) is 0 Å². The third kappa shape index (κ3) is 5.00. The van der Waals surface area contributed by atoms with E-state index in [2.05, 4.69) is 15.3 Å². The van der Waals surface area contributed by atoms with Crippen molar-refractivity contribution in [1.29, 1.82) is 0 Å². The fraction of sp³-hybridized carbons (Fsp3) is 0.318. The number of sulfonamides is 1. The lowest BCUT2D eigenvalue weighted by molar-refractivity contribution is -0.120. The smallest absolute Gasteiger partial charge is 0.244 e. The molecule has 1 fully saturated rings. The van der Waals surface area contributed by atoms with Crippen LogP contribution in [-0.4, -0.2) is 55.9 Å². The number of thiazole rings is 1. The lowest BCUT2D eigenvalue weighted by Gasteiger charge is -2.30. The van der Waals surface area contributed by atoms with Crippen LogP contribution in [0.2, 0.25) is 0 Å². The van der Waals surface area contributed by atoms with Gasteiger partial charge in [-0.05, 0) is 37.1 Å². The lowest BCUT2D eigenvalue weighted by Crippen LogP contribution is -2.41. The Hall–Kier alpha value is -3.02. The molecule has 0 unspecified atom stereocenters. The Balaban J connectivity index is 1.38. The summed E-state index contributed by atoms with van der Waals surface area (Å²) in [5.74, 6) is 0.861. The van der Waals surface area contributed by atoms with Gasteiger partial charge in [0, 0.05) is 48.4 Å². The zero-order valence-corrected chi connectivity index (χ0v) is 19.9. The number of methoxy groups -OCH3 is 2. The normalized spacial score (nSPS) is 15.2. The second-order valence-electron chi connectivity index (χ2n) is 7.46. The zero-order chi connectivity index (χ0) is 23.4. The Morgan fingerprint density at radius 1 is 1.18 bits per heavy atom. The number of nitrogens with zero attached hydrogens (tertiary/aromatic N) is 3. The van der Waals surface area contributed by atoms with Gasteiger partial charge in [-0.15, -0.1) is 11.3 Å². The van der Waals surface area contributed by atoms with Crippen LogP contribution < -0.4 is 14.8 Å². The molecule has 1 aliphatic heterocycles. The minimum atomic E-state index is -3.60. The number of amides is 1. The first-order valence-corrected chi connectivity index (χ1v) is 12.6. The Labute approximate surface area is 196 Å². The molecule has 4 rings (SSSR count). The van der Waals surface area contributed by atoms with Gasteiger partial charge in [-0.25, -0.2) is 13.4 Å². The van der Waals surface area contributed by atoms with Crippen LogP contribution in [0.25, 0.3) is 11.3 Å². The van der Waals surface area contributed by atoms with Crippen LogP contribution in [0, 0.1) is 5.92 Å². The maximum atomic E-state index is 12.8. The molecule has 9 nitrogen and oxygen atoms in total. The van der Waals surface area contributed by atoms with Gasteiger partial charge in [-0.2, -0.15) is 4.31 Å². The topological polar surface area (TPSA) is 111 Å². The number of anilines is 1. The first-order chi connectivity index (χ1) is 15.9. The maximum Gasteiger partial charge on any atom is 0.244 e. The van der Waals surface area contributed by atoms with Crippen molar-refractivity contribution in [3.8, 4) is 22.8 Å². The minimum Gasteiger partial charge on any atom is -0.497 e. The van der Waals surface area contributed by atoms with Crippen LogP contribution in [-0.2, 0) is 14.8 Å². The molecule has 0 spiro atoms. The molecule has 3 aromatic rings. The van der Waals surface area contributed by atoms with E-state index in [9.17, 15) is 13.2 Å². The summed E-state index contributed by atoms with van der Waals surface area (Å²) >= 11 is 1.32. The summed E-state index contributed by atoms with van der Waals surface area (Å²) in [5.41, 5.74) is 1.48. The van der Waals surface area contributed by atoms with Crippen LogP contribution in [0.4, 0.5) is 5.13 Å². The first kappa shape index (κ1) is 23.1. The number of carbonyl (C=O) groups is 1. The summed E-state index contributed by atoms with van der Waals surface area (Å²) in [5, 5.41) is 5.21. The molecule has 0 radical (unpaired) electrons. The fourth-order valence-corrected chi connectivity index (χ4v) is 5.83. The van der Waals surface area contributed by atoms with Gasteiger partial charge in [-0.1, -0.05) is 0 Å². The summed E-state index contributed by atoms with van der Waals surface area (Å²) in [6, 6.07) is 8.58. The SMILES string of the molecule is COc1ccc(-c2csc(NC(=O)C3CCN(S(=O)(=O)c4cccnc4)CC3)n2)c(OC)c1. The molecule has 1 N–H and O–H groups in total. The summed E-state index contributed by atoms with van der Waals surface area (Å²) in [4.78, 5) is 21.4. The third-order valence-corrected chi connectivity index (χ3v) is 8.16. The quantitative estimate of drug-likeness (QED) is 0.543. The Morgan fingerprint density at radius 2 is 1.97 bits per heavy atom. The summed E-state index contributed by atoms with van der Waals surface area (Å²) in [6.45, 7) is 0.558. The average molecular weight is 489 g/mol. The molecule has 3 heterocycles. The number of ether oxygens (including phenoxy) is 2. The summed E-state index contributed by atoms with van der Waals surface area (Å²) < 4.78 is 37.6. The van der Waals surface area contributed by atoms with E-state index in [0.717, 1.165) is 5.56 Å². The highest BCUT2D eigenvalue weighted by Crippen LogP contribution is 2.35. The van der Waals surface area contributed by atoms with Gasteiger partial charge in [-0.3, -0.25) is 9.78 Å². The van der Waals surface area contributed by atoms with E-state index in [0.29, 0.717) is 35.2 Å². The second-order valence-corrected chi connectivity index (χ2v) is 10.3. The molecular weight excluding hydrogens is 464 g/mol. The van der Waals surface area contributed by atoms with Crippen molar-refractivity contribution in [3.05, 3.63) is 48.1 Å². The third-order valence-electron chi connectivity index (χ3n) is 5.52. The van der Waals surface area contributed by atoms with Crippen molar-refractivity contribution in [2.75, 3.05) is 32.6 Å². The first-order valence-electron chi connectivity index (χ1n) is 10.3. The number of hydrogen-bond acceptors (Lipinski definition) is 8. The number of hydrogen-bond donors (Lipinski definition) is 1. The molecule has 1 saturated heterocycles. The van der Waals surface area contributed by atoms with Gasteiger partial charge < -0.3 is 14.8 Å². The zero-order valence-electron chi connectivity index (χ0n) is 18.2. The van der Waals surface area contributed by atoms with Crippen LogP contribution in [0.15, 0.2) is 53.0 Å². The number of piperidine rings is 1. The molecule has 1 aliphatic rings. The Kier molecular flexibility index (Phi) is 6.91. The highest BCUT2D eigenvalue weighted by Gasteiger charge is 2.32. The van der Waals surface area contributed by atoms with Gasteiger partial charge in [0.25, 0.3) is 0 Å². The largest absolute Gasteiger partial charge is 0.497 e. The maximum absolute atomic E-state index is 12.8. The molecule has 1 aromatic carbocycles. The van der Waals surface area contributed by atoms with Crippen molar-refractivity contribution in [1.82, 2.24) is 14.3 Å². The van der Waals surface area contributed by atoms with Crippen molar-refractivity contribution < 1.29 is 22.7 Å². The summed E-state index contributed by atoms with van der Waals surface area (Å²) in [7, 11) is -0.436. The molecule has 33 heavy (non-hydrogen) atoms. The van der Waals surface area contributed by atoms with E-state index in [-0.39, 0.29) is 29.8 Å². The van der Waals surface area contributed by atoms with E-state index in [1.165, 1.54) is 34.1 Å². The molecular formula is C22H24N4O5S2. The van der Waals surface area contributed by atoms with Crippen LogP contribution >= 0.6 is 11.3 Å². The van der Waals surface area contributed by atoms with Crippen LogP contribution in [0.1, 0.15) is 12.8 Å². The average Bonchev–Trinajstić information content (AvgIpc) is 3.32. The number of rotatable bonds is 7. The van der Waals surface area contributed by atoms with E-state index >= 15 is 0 Å². The molecule has 1 amide bonds. The molecule has 0 bridgehead atoms. The van der Waals surface area contributed by atoms with E-state index in [1.807, 2.05) is 17.5 Å². The van der Waals surface area contributed by atoms with Gasteiger partial charge in [0.1, 0.15) is 16.4 Å². The second kappa shape index (κ2) is 9.86. The highest BCUT2D eigenvalue weighted by atomic mass is 32.2. The number of aromatic nitrogens is 2. The molecule has 11 heteroatoms. The molecule has 174 valence electrons. The van der Waals surface area contributed by atoms with Gasteiger partial charge >= 0.3 is 0 Å². The monoisotopic (exact) mass is 488 g/mol. The summed E-state index contributed by atoms with van der Waals surface area (Å²) in [6.07, 6.45) is 3.75. The van der Waals surface area contributed by atoms with Crippen molar-refractivity contribution in [3.63, 3.8) is 0 Å². The lowest BCUT2D eigenvalue weighted by atomic mass is 9.97. The molecule has 0 aliphatic carbocycles. The van der Waals surface area contributed by atoms with Crippen LogP contribution in [0.5, 0.6) is 11.5 Å². The van der Waals surface area contributed by atoms with Gasteiger partial charge in [0.15, 0.2) is 5.13 Å². The standard InChI is InChI=1S/C22H24N4O5S2/c1-30-16-5-6-18(20(12-16)31-2)19-14-32-22(24-19)25-21(27)15-7-10-26(11-8-15)33(28,29)17-4-3-9-23-13-17/h3-6,9,12-15H,7-8,10-11H2,1-2H3,(H,24,25,27). The number of pyridine rings is 1. The van der Waals surface area contributed by atoms with Crippen molar-refractivity contribution in [2.24, 2.45) is 5.92 Å². The number of nitrogens with one attached hydrogen (secondary N) is 1. The van der Waals surface area contributed by atoms with Gasteiger partial charge in [0.05, 0.1) is 19.9 Å². The van der Waals surface area contributed by atoms with E-state index in [1.54, 1.807) is 26.4 Å². The van der Waals surface area contributed by atoms with Crippen molar-refractivity contribution >= 4 is 32.4 Å². The predicted octanol–water partition coefficient (Wildman–Crippen LogP) is 3.26. The van der Waals surface area contributed by atoms with E-state index < -0.39 is 10.0 Å². The van der Waals surface area contributed by atoms with Crippen molar-refractivity contribution in [2.45, 2.75) is 17.7 Å². The Morgan fingerprint density at radius 3 is 2.64 bits per heavy atom. The predicted molar refractivity (Wildman–Crippen MR) is 125 cm³/mol. The minimum absolute atomic E-state index is 0.156. The highest BCUT2D eigenvalue weighted by molar-refractivity contribution is 7.89. The molecule has 0 atom stereocenters. The molecule has 2 aromatic heterocycles. The number of carbonyl (C=O) groups excluding carboxylic acids is 1. The van der Waals surface area contributed by atoms with E-state index in [4.69, 9.17) is 9.47 Å². The fourth-order valence-electron chi connectivity index (χ4n) is 3.68. The van der Waals surface area contributed by atoms with Gasteiger partial charge in [0.2, 0.25) is 15.9 Å². The molecule has 0 saturated carbocycles. The Bertz CT molecular complexity index is 1220.